The third kappa shape index (κ3) is 3.17. The van der Waals surface area contributed by atoms with E-state index in [1.54, 1.807) is 4.90 Å². The zero-order valence-corrected chi connectivity index (χ0v) is 14.4. The zero-order chi connectivity index (χ0) is 18.1. The van der Waals surface area contributed by atoms with Crippen molar-refractivity contribution in [3.05, 3.63) is 65.2 Å². The third-order valence-corrected chi connectivity index (χ3v) is 5.33. The second kappa shape index (κ2) is 6.83. The quantitative estimate of drug-likeness (QED) is 0.919. The van der Waals surface area contributed by atoms with Crippen LogP contribution in [0.15, 0.2) is 48.5 Å². The summed E-state index contributed by atoms with van der Waals surface area (Å²) in [6.45, 7) is 1.41. The molecule has 0 aliphatic carbocycles. The van der Waals surface area contributed by atoms with Crippen molar-refractivity contribution in [3.8, 4) is 5.75 Å². The van der Waals surface area contributed by atoms with E-state index in [4.69, 9.17) is 4.74 Å². The SMILES string of the molecule is O=C(O)[C@@H]1CN(C(=O)Cc2ccc3c(c2)CCO3)C[C@@H]1c1ccccc1. The Bertz CT molecular complexity index is 833. The van der Waals surface area contributed by atoms with Crippen LogP contribution in [0, 0.1) is 5.92 Å². The molecule has 0 bridgehead atoms. The Balaban J connectivity index is 1.49. The molecule has 1 amide bonds. The number of carbonyl (C=O) groups is 2. The molecule has 5 heteroatoms. The molecule has 1 saturated heterocycles. The maximum Gasteiger partial charge on any atom is 0.308 e. The van der Waals surface area contributed by atoms with Crippen molar-refractivity contribution in [3.63, 3.8) is 0 Å². The smallest absolute Gasteiger partial charge is 0.308 e. The molecule has 1 N–H and O–H groups in total. The average molecular weight is 351 g/mol. The molecule has 2 aliphatic rings. The van der Waals surface area contributed by atoms with Crippen molar-refractivity contribution >= 4 is 11.9 Å². The maximum absolute atomic E-state index is 12.8. The van der Waals surface area contributed by atoms with Gasteiger partial charge in [-0.2, -0.15) is 0 Å². The normalized spacial score (nSPS) is 21.3. The number of carboxylic acid groups (broad SMARTS) is 1. The standard InChI is InChI=1S/C21H21NO4/c23-20(11-14-6-7-19-16(10-14)8-9-26-19)22-12-17(18(13-22)21(24)25)15-4-2-1-3-5-15/h1-7,10,17-18H,8-9,11-13H2,(H,24,25)/t17-,18-/m1/s1. The minimum absolute atomic E-state index is 0.0199. The van der Waals surface area contributed by atoms with Crippen LogP contribution in [0.1, 0.15) is 22.6 Å². The van der Waals surface area contributed by atoms with Gasteiger partial charge in [0.05, 0.1) is 18.9 Å². The number of hydrogen-bond acceptors (Lipinski definition) is 3. The van der Waals surface area contributed by atoms with Gasteiger partial charge in [0, 0.05) is 25.4 Å². The fraction of sp³-hybridized carbons (Fsp3) is 0.333. The number of rotatable bonds is 4. The first-order valence-corrected chi connectivity index (χ1v) is 8.92. The van der Waals surface area contributed by atoms with Crippen molar-refractivity contribution in [1.82, 2.24) is 4.90 Å². The van der Waals surface area contributed by atoms with E-state index in [9.17, 15) is 14.7 Å². The summed E-state index contributed by atoms with van der Waals surface area (Å²) in [7, 11) is 0. The number of benzene rings is 2. The zero-order valence-electron chi connectivity index (χ0n) is 14.4. The van der Waals surface area contributed by atoms with Gasteiger partial charge in [-0.3, -0.25) is 9.59 Å². The Morgan fingerprint density at radius 3 is 2.69 bits per heavy atom. The van der Waals surface area contributed by atoms with E-state index >= 15 is 0 Å². The minimum Gasteiger partial charge on any atom is -0.493 e. The Morgan fingerprint density at radius 2 is 1.92 bits per heavy atom. The lowest BCUT2D eigenvalue weighted by Crippen LogP contribution is -2.31. The van der Waals surface area contributed by atoms with Gasteiger partial charge >= 0.3 is 5.97 Å². The van der Waals surface area contributed by atoms with E-state index in [2.05, 4.69) is 0 Å². The summed E-state index contributed by atoms with van der Waals surface area (Å²) in [6.07, 6.45) is 1.17. The molecule has 5 nitrogen and oxygen atoms in total. The van der Waals surface area contributed by atoms with E-state index in [1.807, 2.05) is 48.5 Å². The lowest BCUT2D eigenvalue weighted by atomic mass is 9.89. The van der Waals surface area contributed by atoms with Crippen LogP contribution < -0.4 is 4.74 Å². The van der Waals surface area contributed by atoms with Crippen LogP contribution in [-0.4, -0.2) is 41.6 Å². The number of aliphatic carboxylic acids is 1. The summed E-state index contributed by atoms with van der Waals surface area (Å²) in [5.41, 5.74) is 3.07. The van der Waals surface area contributed by atoms with Crippen molar-refractivity contribution < 1.29 is 19.4 Å². The molecule has 0 unspecified atom stereocenters. The van der Waals surface area contributed by atoms with E-state index in [-0.39, 0.29) is 18.4 Å². The Hall–Kier alpha value is -2.82. The minimum atomic E-state index is -0.844. The number of amides is 1. The molecule has 0 aromatic heterocycles. The number of fused-ring (bicyclic) bond motifs is 1. The van der Waals surface area contributed by atoms with Crippen molar-refractivity contribution in [2.75, 3.05) is 19.7 Å². The van der Waals surface area contributed by atoms with E-state index in [0.717, 1.165) is 28.9 Å². The van der Waals surface area contributed by atoms with Crippen LogP contribution in [0.2, 0.25) is 0 Å². The van der Waals surface area contributed by atoms with Gasteiger partial charge < -0.3 is 14.7 Å². The highest BCUT2D eigenvalue weighted by Crippen LogP contribution is 2.33. The van der Waals surface area contributed by atoms with Gasteiger partial charge in [0.1, 0.15) is 5.75 Å². The molecule has 2 aromatic carbocycles. The van der Waals surface area contributed by atoms with Crippen molar-refractivity contribution in [2.24, 2.45) is 5.92 Å². The summed E-state index contributed by atoms with van der Waals surface area (Å²) in [5, 5.41) is 9.59. The van der Waals surface area contributed by atoms with Crippen LogP contribution in [0.3, 0.4) is 0 Å². The molecule has 2 atom stereocenters. The molecule has 2 aliphatic heterocycles. The maximum atomic E-state index is 12.8. The summed E-state index contributed by atoms with van der Waals surface area (Å²) < 4.78 is 5.50. The highest BCUT2D eigenvalue weighted by molar-refractivity contribution is 5.81. The summed E-state index contributed by atoms with van der Waals surface area (Å²) in [5.74, 6) is -0.685. The Kier molecular flexibility index (Phi) is 4.37. The molecule has 2 aromatic rings. The fourth-order valence-electron chi connectivity index (χ4n) is 3.93. The third-order valence-electron chi connectivity index (χ3n) is 5.33. The van der Waals surface area contributed by atoms with Gasteiger partial charge in [0.2, 0.25) is 5.91 Å². The van der Waals surface area contributed by atoms with Gasteiger partial charge in [-0.1, -0.05) is 42.5 Å². The molecule has 0 saturated carbocycles. The van der Waals surface area contributed by atoms with Gasteiger partial charge in [0.25, 0.3) is 0 Å². The first-order valence-electron chi connectivity index (χ1n) is 8.92. The average Bonchev–Trinajstić information content (AvgIpc) is 3.29. The lowest BCUT2D eigenvalue weighted by molar-refractivity contribution is -0.141. The molecule has 4 rings (SSSR count). The largest absolute Gasteiger partial charge is 0.493 e. The predicted octanol–water partition coefficient (Wildman–Crippen LogP) is 2.49. The summed E-state index contributed by atoms with van der Waals surface area (Å²) in [4.78, 5) is 26.1. The van der Waals surface area contributed by atoms with Gasteiger partial charge in [-0.15, -0.1) is 0 Å². The van der Waals surface area contributed by atoms with Crippen molar-refractivity contribution in [2.45, 2.75) is 18.8 Å². The number of carbonyl (C=O) groups excluding carboxylic acids is 1. The predicted molar refractivity (Wildman–Crippen MR) is 96.2 cm³/mol. The molecule has 0 radical (unpaired) electrons. The monoisotopic (exact) mass is 351 g/mol. The van der Waals surface area contributed by atoms with Crippen molar-refractivity contribution in [1.29, 1.82) is 0 Å². The molecule has 26 heavy (non-hydrogen) atoms. The second-order valence-electron chi connectivity index (χ2n) is 6.98. The Morgan fingerprint density at radius 1 is 1.12 bits per heavy atom. The summed E-state index contributed by atoms with van der Waals surface area (Å²) in [6, 6.07) is 15.5. The first kappa shape index (κ1) is 16.6. The molecule has 134 valence electrons. The number of ether oxygens (including phenoxy) is 1. The molecular weight excluding hydrogens is 330 g/mol. The van der Waals surface area contributed by atoms with Crippen LogP contribution in [0.5, 0.6) is 5.75 Å². The lowest BCUT2D eigenvalue weighted by Gasteiger charge is -2.17. The van der Waals surface area contributed by atoms with Gasteiger partial charge in [-0.25, -0.2) is 0 Å². The number of likely N-dealkylation sites (tertiary alicyclic amines) is 1. The number of nitrogens with zero attached hydrogens (tertiary/aromatic N) is 1. The molecule has 2 heterocycles. The summed E-state index contributed by atoms with van der Waals surface area (Å²) >= 11 is 0. The van der Waals surface area contributed by atoms with Gasteiger partial charge in [-0.05, 0) is 22.8 Å². The second-order valence-corrected chi connectivity index (χ2v) is 6.98. The fourth-order valence-corrected chi connectivity index (χ4v) is 3.93. The van der Waals surface area contributed by atoms with E-state index in [0.29, 0.717) is 19.6 Å². The van der Waals surface area contributed by atoms with Crippen LogP contribution in [0.25, 0.3) is 0 Å². The number of carboxylic acids is 1. The molecule has 1 fully saturated rings. The molecular formula is C21H21NO4. The topological polar surface area (TPSA) is 66.8 Å². The Labute approximate surface area is 152 Å². The van der Waals surface area contributed by atoms with Crippen LogP contribution in [-0.2, 0) is 22.4 Å². The van der Waals surface area contributed by atoms with E-state index < -0.39 is 11.9 Å². The van der Waals surface area contributed by atoms with Crippen LogP contribution in [0.4, 0.5) is 0 Å². The highest BCUT2D eigenvalue weighted by atomic mass is 16.5. The first-order chi connectivity index (χ1) is 12.6. The number of hydrogen-bond donors (Lipinski definition) is 1. The van der Waals surface area contributed by atoms with E-state index in [1.165, 1.54) is 0 Å². The molecule has 0 spiro atoms. The highest BCUT2D eigenvalue weighted by Gasteiger charge is 2.40. The van der Waals surface area contributed by atoms with Crippen LogP contribution >= 0.6 is 0 Å². The van der Waals surface area contributed by atoms with Gasteiger partial charge in [0.15, 0.2) is 0 Å².